The van der Waals surface area contributed by atoms with E-state index in [1.807, 2.05) is 14.0 Å². The van der Waals surface area contributed by atoms with Crippen molar-refractivity contribution >= 4 is 5.91 Å². The molecule has 0 aliphatic carbocycles. The van der Waals surface area contributed by atoms with E-state index in [9.17, 15) is 4.79 Å². The van der Waals surface area contributed by atoms with Crippen LogP contribution in [0.15, 0.2) is 12.2 Å². The molecule has 0 aliphatic heterocycles. The molecule has 6 nitrogen and oxygen atoms in total. The molecule has 0 aromatic rings. The fraction of sp³-hybridized carbons (Fsp3) is 0.824. The van der Waals surface area contributed by atoms with Crippen LogP contribution in [0.5, 0.6) is 0 Å². The van der Waals surface area contributed by atoms with Gasteiger partial charge in [-0.15, -0.1) is 6.58 Å². The third-order valence-corrected chi connectivity index (χ3v) is 3.03. The van der Waals surface area contributed by atoms with Crippen LogP contribution < -0.4 is 10.6 Å². The van der Waals surface area contributed by atoms with E-state index in [1.165, 1.54) is 0 Å². The van der Waals surface area contributed by atoms with Crippen molar-refractivity contribution in [2.24, 2.45) is 0 Å². The number of amides is 1. The van der Waals surface area contributed by atoms with E-state index in [4.69, 9.17) is 14.2 Å². The average Bonchev–Trinajstić information content (AvgIpc) is 2.53. The first-order valence-corrected chi connectivity index (χ1v) is 8.45. The molecular weight excluding hydrogens is 296 g/mol. The van der Waals surface area contributed by atoms with Gasteiger partial charge in [0.05, 0.1) is 26.4 Å². The molecule has 0 radical (unpaired) electrons. The molecule has 0 bridgehead atoms. The van der Waals surface area contributed by atoms with Crippen LogP contribution in [0.4, 0.5) is 0 Å². The van der Waals surface area contributed by atoms with E-state index < -0.39 is 0 Å². The fourth-order valence-electron chi connectivity index (χ4n) is 1.71. The van der Waals surface area contributed by atoms with Crippen LogP contribution in [0.25, 0.3) is 0 Å². The molecule has 2 N–H and O–H groups in total. The highest BCUT2D eigenvalue weighted by molar-refractivity contribution is 5.76. The summed E-state index contributed by atoms with van der Waals surface area (Å²) in [5, 5.41) is 5.94. The predicted octanol–water partition coefficient (Wildman–Crippen LogP) is 1.51. The minimum atomic E-state index is 0.0750. The predicted molar refractivity (Wildman–Crippen MR) is 92.7 cm³/mol. The SMILES string of the molecule is C=C(C)CCC(=O)NCCCOCCOCCOCCCNC. The number of rotatable bonds is 17. The summed E-state index contributed by atoms with van der Waals surface area (Å²) in [4.78, 5) is 11.4. The van der Waals surface area contributed by atoms with Crippen LogP contribution in [-0.4, -0.2) is 65.7 Å². The molecule has 0 rings (SSSR count). The highest BCUT2D eigenvalue weighted by atomic mass is 16.5. The third-order valence-electron chi connectivity index (χ3n) is 3.03. The first-order valence-electron chi connectivity index (χ1n) is 8.45. The molecule has 136 valence electrons. The van der Waals surface area contributed by atoms with Crippen LogP contribution in [0.3, 0.4) is 0 Å². The van der Waals surface area contributed by atoms with Crippen molar-refractivity contribution in [1.82, 2.24) is 10.6 Å². The summed E-state index contributed by atoms with van der Waals surface area (Å²) in [6, 6.07) is 0. The second-order valence-electron chi connectivity index (χ2n) is 5.45. The minimum absolute atomic E-state index is 0.0750. The monoisotopic (exact) mass is 330 g/mol. The van der Waals surface area contributed by atoms with Gasteiger partial charge < -0.3 is 24.8 Å². The zero-order valence-electron chi connectivity index (χ0n) is 14.8. The Labute approximate surface area is 140 Å². The molecule has 1 amide bonds. The van der Waals surface area contributed by atoms with Gasteiger partial charge in [-0.1, -0.05) is 5.57 Å². The van der Waals surface area contributed by atoms with E-state index in [1.54, 1.807) is 0 Å². The molecule has 0 saturated carbocycles. The standard InChI is InChI=1S/C17H34N2O4/c1-16(2)6-7-17(20)19-9-5-11-22-13-15-23-14-12-21-10-4-8-18-3/h18H,1,4-15H2,2-3H3,(H,19,20). The number of hydrogen-bond acceptors (Lipinski definition) is 5. The van der Waals surface area contributed by atoms with Gasteiger partial charge >= 0.3 is 0 Å². The van der Waals surface area contributed by atoms with Crippen LogP contribution in [0.1, 0.15) is 32.6 Å². The Hall–Kier alpha value is -0.950. The smallest absolute Gasteiger partial charge is 0.220 e. The summed E-state index contributed by atoms with van der Waals surface area (Å²) in [6.45, 7) is 11.1. The number of hydrogen-bond donors (Lipinski definition) is 2. The summed E-state index contributed by atoms with van der Waals surface area (Å²) in [7, 11) is 1.93. The van der Waals surface area contributed by atoms with Gasteiger partial charge in [0.2, 0.25) is 5.91 Å². The van der Waals surface area contributed by atoms with Gasteiger partial charge in [-0.05, 0) is 39.8 Å². The van der Waals surface area contributed by atoms with Crippen molar-refractivity contribution < 1.29 is 19.0 Å². The Bertz CT molecular complexity index is 298. The first-order chi connectivity index (χ1) is 11.2. The van der Waals surface area contributed by atoms with E-state index in [-0.39, 0.29) is 5.91 Å². The lowest BCUT2D eigenvalue weighted by atomic mass is 10.2. The van der Waals surface area contributed by atoms with Crippen molar-refractivity contribution in [3.05, 3.63) is 12.2 Å². The Morgan fingerprint density at radius 1 is 0.870 bits per heavy atom. The molecule has 0 spiro atoms. The largest absolute Gasteiger partial charge is 0.379 e. The summed E-state index contributed by atoms with van der Waals surface area (Å²) >= 11 is 0. The van der Waals surface area contributed by atoms with E-state index in [0.717, 1.165) is 38.0 Å². The van der Waals surface area contributed by atoms with Crippen LogP contribution in [0.2, 0.25) is 0 Å². The highest BCUT2D eigenvalue weighted by Crippen LogP contribution is 1.99. The maximum Gasteiger partial charge on any atom is 0.220 e. The van der Waals surface area contributed by atoms with Gasteiger partial charge in [-0.3, -0.25) is 4.79 Å². The molecule has 6 heteroatoms. The zero-order valence-corrected chi connectivity index (χ0v) is 14.8. The first kappa shape index (κ1) is 22.1. The van der Waals surface area contributed by atoms with E-state index in [0.29, 0.717) is 46.0 Å². The molecule has 0 aromatic carbocycles. The Morgan fingerprint density at radius 2 is 1.39 bits per heavy atom. The number of nitrogens with one attached hydrogen (secondary N) is 2. The molecule has 0 saturated heterocycles. The Balaban J connectivity index is 3.10. The van der Waals surface area contributed by atoms with Gasteiger partial charge in [0, 0.05) is 26.2 Å². The molecule has 23 heavy (non-hydrogen) atoms. The van der Waals surface area contributed by atoms with Gasteiger partial charge in [0.15, 0.2) is 0 Å². The van der Waals surface area contributed by atoms with Gasteiger partial charge in [0.25, 0.3) is 0 Å². The van der Waals surface area contributed by atoms with Crippen molar-refractivity contribution in [2.45, 2.75) is 32.6 Å². The topological polar surface area (TPSA) is 68.8 Å². The highest BCUT2D eigenvalue weighted by Gasteiger charge is 2.00. The van der Waals surface area contributed by atoms with Crippen molar-refractivity contribution in [3.8, 4) is 0 Å². The van der Waals surface area contributed by atoms with E-state index >= 15 is 0 Å². The minimum Gasteiger partial charge on any atom is -0.379 e. The number of carbonyl (C=O) groups is 1. The maximum absolute atomic E-state index is 11.4. The van der Waals surface area contributed by atoms with Gasteiger partial charge in [-0.2, -0.15) is 0 Å². The van der Waals surface area contributed by atoms with Gasteiger partial charge in [-0.25, -0.2) is 0 Å². The lowest BCUT2D eigenvalue weighted by molar-refractivity contribution is -0.121. The molecule has 0 aliphatic rings. The maximum atomic E-state index is 11.4. The van der Waals surface area contributed by atoms with Crippen LogP contribution in [0, 0.1) is 0 Å². The molecule has 0 aromatic heterocycles. The summed E-state index contributed by atoms with van der Waals surface area (Å²) < 4.78 is 16.2. The number of carbonyl (C=O) groups excluding carboxylic acids is 1. The molecule has 0 atom stereocenters. The lowest BCUT2D eigenvalue weighted by Crippen LogP contribution is -2.25. The Morgan fingerprint density at radius 3 is 1.91 bits per heavy atom. The summed E-state index contributed by atoms with van der Waals surface area (Å²) in [5.41, 5.74) is 1.03. The third kappa shape index (κ3) is 19.0. The van der Waals surface area contributed by atoms with Gasteiger partial charge in [0.1, 0.15) is 0 Å². The number of allylic oxidation sites excluding steroid dienone is 1. The quantitative estimate of drug-likeness (QED) is 0.312. The molecular formula is C17H34N2O4. The molecule has 0 fully saturated rings. The zero-order chi connectivity index (χ0) is 17.2. The molecule has 0 heterocycles. The van der Waals surface area contributed by atoms with E-state index in [2.05, 4.69) is 17.2 Å². The average molecular weight is 330 g/mol. The van der Waals surface area contributed by atoms with Crippen molar-refractivity contribution in [2.75, 3.05) is 59.8 Å². The second kappa shape index (κ2) is 17.4. The molecule has 0 unspecified atom stereocenters. The summed E-state index contributed by atoms with van der Waals surface area (Å²) in [5.74, 6) is 0.0750. The second-order valence-corrected chi connectivity index (χ2v) is 5.45. The summed E-state index contributed by atoms with van der Waals surface area (Å²) in [6.07, 6.45) is 3.09. The normalized spacial score (nSPS) is 10.7. The fourth-order valence-corrected chi connectivity index (χ4v) is 1.71. The van der Waals surface area contributed by atoms with Crippen LogP contribution >= 0.6 is 0 Å². The Kier molecular flexibility index (Phi) is 16.7. The van der Waals surface area contributed by atoms with Crippen LogP contribution in [-0.2, 0) is 19.0 Å². The lowest BCUT2D eigenvalue weighted by Gasteiger charge is -2.07. The van der Waals surface area contributed by atoms with Crippen molar-refractivity contribution in [3.63, 3.8) is 0 Å². The number of ether oxygens (including phenoxy) is 3. The van der Waals surface area contributed by atoms with Crippen molar-refractivity contribution in [1.29, 1.82) is 0 Å².